The zero-order valence-electron chi connectivity index (χ0n) is 14.9. The number of nitrogens with one attached hydrogen (secondary N) is 2. The van der Waals surface area contributed by atoms with E-state index in [-0.39, 0.29) is 5.56 Å². The second-order valence-electron chi connectivity index (χ2n) is 6.32. The van der Waals surface area contributed by atoms with Crippen LogP contribution in [0.2, 0.25) is 0 Å². The van der Waals surface area contributed by atoms with E-state index in [2.05, 4.69) is 41.5 Å². The maximum Gasteiger partial charge on any atom is 0.266 e. The first-order valence-corrected chi connectivity index (χ1v) is 9.39. The number of aromatic amines is 1. The lowest BCUT2D eigenvalue weighted by Crippen LogP contribution is -2.11. The number of fused-ring (bicyclic) bond motifs is 3. The van der Waals surface area contributed by atoms with Crippen molar-refractivity contribution < 1.29 is 4.74 Å². The second-order valence-corrected chi connectivity index (χ2v) is 7.23. The van der Waals surface area contributed by atoms with E-state index in [4.69, 9.17) is 4.74 Å². The lowest BCUT2D eigenvalue weighted by Gasteiger charge is -2.15. The summed E-state index contributed by atoms with van der Waals surface area (Å²) in [4.78, 5) is 15.3. The number of thiophene rings is 1. The lowest BCUT2D eigenvalue weighted by atomic mass is 9.95. The van der Waals surface area contributed by atoms with Crippen molar-refractivity contribution in [3.8, 4) is 16.9 Å². The molecule has 0 aliphatic rings. The van der Waals surface area contributed by atoms with Crippen molar-refractivity contribution >= 4 is 32.3 Å². The first-order valence-electron chi connectivity index (χ1n) is 8.52. The molecular formula is C21H20N2O2S. The molecule has 2 aromatic heterocycles. The minimum atomic E-state index is -0.0446. The Kier molecular flexibility index (Phi) is 4.26. The van der Waals surface area contributed by atoms with Crippen molar-refractivity contribution in [3.05, 3.63) is 63.8 Å². The van der Waals surface area contributed by atoms with Crippen LogP contribution in [0.25, 0.3) is 32.1 Å². The van der Waals surface area contributed by atoms with Crippen molar-refractivity contribution in [1.29, 1.82) is 0 Å². The van der Waals surface area contributed by atoms with Crippen LogP contribution in [0, 0.1) is 0 Å². The van der Waals surface area contributed by atoms with Gasteiger partial charge in [0.05, 0.1) is 7.11 Å². The Balaban J connectivity index is 2.04. The molecule has 2 N–H and O–H groups in total. The summed E-state index contributed by atoms with van der Waals surface area (Å²) in [6.45, 7) is 2.13. The number of hydrogen-bond donors (Lipinski definition) is 2. The molecule has 0 unspecified atom stereocenters. The molecule has 0 spiro atoms. The first kappa shape index (κ1) is 16.8. The number of ether oxygens (including phenoxy) is 1. The van der Waals surface area contributed by atoms with Crippen LogP contribution >= 0.6 is 11.3 Å². The van der Waals surface area contributed by atoms with Gasteiger partial charge in [0.2, 0.25) is 0 Å². The molecule has 0 saturated carbocycles. The van der Waals surface area contributed by atoms with Crippen molar-refractivity contribution in [2.45, 2.75) is 13.0 Å². The third kappa shape index (κ3) is 2.60. The molecule has 0 fully saturated rings. The third-order valence-electron chi connectivity index (χ3n) is 4.91. The predicted octanol–water partition coefficient (Wildman–Crippen LogP) is 4.70. The van der Waals surface area contributed by atoms with Crippen molar-refractivity contribution in [2.24, 2.45) is 0 Å². The van der Waals surface area contributed by atoms with Crippen LogP contribution in [0.5, 0.6) is 5.75 Å². The highest BCUT2D eigenvalue weighted by atomic mass is 32.1. The van der Waals surface area contributed by atoms with Crippen LogP contribution in [0.4, 0.5) is 0 Å². The Morgan fingerprint density at radius 1 is 1.12 bits per heavy atom. The smallest absolute Gasteiger partial charge is 0.266 e. The van der Waals surface area contributed by atoms with Crippen LogP contribution in [0.15, 0.2) is 52.6 Å². The van der Waals surface area contributed by atoms with E-state index in [1.54, 1.807) is 7.11 Å². The van der Waals surface area contributed by atoms with Gasteiger partial charge in [0, 0.05) is 27.9 Å². The van der Waals surface area contributed by atoms with Gasteiger partial charge in [0.15, 0.2) is 0 Å². The summed E-state index contributed by atoms with van der Waals surface area (Å²) < 4.78 is 6.40. The summed E-state index contributed by atoms with van der Waals surface area (Å²) in [7, 11) is 3.63. The fourth-order valence-electron chi connectivity index (χ4n) is 3.39. The molecule has 2 aromatic carbocycles. The second kappa shape index (κ2) is 6.59. The maximum atomic E-state index is 12.3. The van der Waals surface area contributed by atoms with Crippen LogP contribution in [0.3, 0.4) is 0 Å². The van der Waals surface area contributed by atoms with Gasteiger partial charge in [-0.25, -0.2) is 0 Å². The summed E-state index contributed by atoms with van der Waals surface area (Å²) in [6, 6.07) is 14.6. The Bertz CT molecular complexity index is 1140. The highest BCUT2D eigenvalue weighted by molar-refractivity contribution is 7.17. The molecule has 4 aromatic rings. The van der Waals surface area contributed by atoms with Crippen LogP contribution in [-0.4, -0.2) is 19.1 Å². The van der Waals surface area contributed by atoms with Gasteiger partial charge in [-0.15, -0.1) is 11.3 Å². The van der Waals surface area contributed by atoms with E-state index < -0.39 is 0 Å². The first-order chi connectivity index (χ1) is 12.6. The van der Waals surface area contributed by atoms with Crippen LogP contribution in [0.1, 0.15) is 18.5 Å². The minimum absolute atomic E-state index is 0.0446. The van der Waals surface area contributed by atoms with Gasteiger partial charge in [-0.3, -0.25) is 4.79 Å². The van der Waals surface area contributed by atoms with Crippen LogP contribution in [-0.2, 0) is 0 Å². The average Bonchev–Trinajstić information content (AvgIpc) is 3.17. The van der Waals surface area contributed by atoms with E-state index in [1.165, 1.54) is 16.9 Å². The molecule has 5 heteroatoms. The molecule has 0 amide bonds. The van der Waals surface area contributed by atoms with Crippen molar-refractivity contribution in [1.82, 2.24) is 10.3 Å². The standard InChI is InChI=1S/C21H20N2O2S/c1-12(22-2)13-4-6-14(7-5-13)18-17(25-3)9-8-16-19(18)15-10-11-26-20(15)21(24)23-16/h4-12,22H,1-3H3,(H,23,24)/t12-/m1/s1. The number of pyridine rings is 1. The van der Waals surface area contributed by atoms with Gasteiger partial charge in [-0.1, -0.05) is 24.3 Å². The maximum absolute atomic E-state index is 12.3. The summed E-state index contributed by atoms with van der Waals surface area (Å²) >= 11 is 1.46. The molecule has 0 aliphatic heterocycles. The van der Waals surface area contributed by atoms with Gasteiger partial charge in [-0.05, 0) is 48.7 Å². The summed E-state index contributed by atoms with van der Waals surface area (Å²) in [5, 5.41) is 7.21. The zero-order chi connectivity index (χ0) is 18.3. The van der Waals surface area contributed by atoms with E-state index in [0.717, 1.165) is 37.9 Å². The molecule has 4 nitrogen and oxygen atoms in total. The lowest BCUT2D eigenvalue weighted by molar-refractivity contribution is 0.417. The summed E-state index contributed by atoms with van der Waals surface area (Å²) in [5.41, 5.74) is 4.08. The molecule has 0 saturated heterocycles. The van der Waals surface area contributed by atoms with E-state index in [9.17, 15) is 4.79 Å². The zero-order valence-corrected chi connectivity index (χ0v) is 15.7. The summed E-state index contributed by atoms with van der Waals surface area (Å²) in [5.74, 6) is 0.798. The number of H-pyrrole nitrogens is 1. The molecule has 0 radical (unpaired) electrons. The Morgan fingerprint density at radius 3 is 2.58 bits per heavy atom. The number of methoxy groups -OCH3 is 1. The topological polar surface area (TPSA) is 54.1 Å². The van der Waals surface area contributed by atoms with Crippen molar-refractivity contribution in [2.75, 3.05) is 14.2 Å². The quantitative estimate of drug-likeness (QED) is 0.552. The van der Waals surface area contributed by atoms with E-state index in [0.29, 0.717) is 6.04 Å². The summed E-state index contributed by atoms with van der Waals surface area (Å²) in [6.07, 6.45) is 0. The fraction of sp³-hybridized carbons (Fsp3) is 0.190. The van der Waals surface area contributed by atoms with Gasteiger partial charge in [-0.2, -0.15) is 0 Å². The van der Waals surface area contributed by atoms with Gasteiger partial charge >= 0.3 is 0 Å². The van der Waals surface area contributed by atoms with E-state index >= 15 is 0 Å². The number of benzene rings is 2. The Labute approximate surface area is 155 Å². The highest BCUT2D eigenvalue weighted by Gasteiger charge is 2.16. The molecule has 4 rings (SSSR count). The molecule has 132 valence electrons. The Hall–Kier alpha value is -2.63. The van der Waals surface area contributed by atoms with Gasteiger partial charge < -0.3 is 15.0 Å². The molecule has 0 aliphatic carbocycles. The molecule has 2 heterocycles. The predicted molar refractivity (Wildman–Crippen MR) is 109 cm³/mol. The SMILES string of the molecule is CN[C@H](C)c1ccc(-c2c(OC)ccc3[nH]c(=O)c4sccc4c23)cc1. The van der Waals surface area contributed by atoms with Crippen LogP contribution < -0.4 is 15.6 Å². The minimum Gasteiger partial charge on any atom is -0.496 e. The molecule has 1 atom stereocenters. The number of rotatable bonds is 4. The van der Waals surface area contributed by atoms with Gasteiger partial charge in [0.1, 0.15) is 10.4 Å². The largest absolute Gasteiger partial charge is 0.496 e. The number of hydrogen-bond acceptors (Lipinski definition) is 4. The van der Waals surface area contributed by atoms with Gasteiger partial charge in [0.25, 0.3) is 5.56 Å². The van der Waals surface area contributed by atoms with Crippen molar-refractivity contribution in [3.63, 3.8) is 0 Å². The van der Waals surface area contributed by atoms with E-state index in [1.807, 2.05) is 30.6 Å². The fourth-order valence-corrected chi connectivity index (χ4v) is 4.19. The Morgan fingerprint density at radius 2 is 1.88 bits per heavy atom. The highest BCUT2D eigenvalue weighted by Crippen LogP contribution is 2.40. The average molecular weight is 364 g/mol. The monoisotopic (exact) mass is 364 g/mol. The molecule has 26 heavy (non-hydrogen) atoms. The molecular weight excluding hydrogens is 344 g/mol. The number of aromatic nitrogens is 1. The molecule has 0 bridgehead atoms. The third-order valence-corrected chi connectivity index (χ3v) is 5.82. The normalized spacial score (nSPS) is 12.6.